The summed E-state index contributed by atoms with van der Waals surface area (Å²) < 4.78 is 7.39. The maximum absolute atomic E-state index is 12.2. The van der Waals surface area contributed by atoms with Crippen LogP contribution in [0, 0.1) is 11.8 Å². The summed E-state index contributed by atoms with van der Waals surface area (Å²) in [6.07, 6.45) is 3.45. The summed E-state index contributed by atoms with van der Waals surface area (Å²) in [5.41, 5.74) is 4.64. The minimum Gasteiger partial charge on any atom is -0.465 e. The fourth-order valence-electron chi connectivity index (χ4n) is 3.72. The summed E-state index contributed by atoms with van der Waals surface area (Å²) in [5, 5.41) is 1.24. The summed E-state index contributed by atoms with van der Waals surface area (Å²) in [6, 6.07) is 6.03. The zero-order valence-corrected chi connectivity index (χ0v) is 14.0. The Balaban J connectivity index is 2.30. The van der Waals surface area contributed by atoms with E-state index in [1.807, 2.05) is 12.1 Å². The lowest BCUT2D eigenvalue weighted by atomic mass is 9.87. The molecule has 0 saturated carbocycles. The van der Waals surface area contributed by atoms with Crippen molar-refractivity contribution < 1.29 is 9.53 Å². The van der Waals surface area contributed by atoms with Crippen molar-refractivity contribution in [2.75, 3.05) is 7.11 Å². The monoisotopic (exact) mass is 299 g/mol. The standard InChI is InChI=1S/C19H25NO2/c1-12(2)11-20-17-9-8-13(3)10-16(17)14-6-5-7-15(18(14)20)19(21)22-4/h5-7,12-13H,8-11H2,1-4H3. The average Bonchev–Trinajstić information content (AvgIpc) is 2.79. The SMILES string of the molecule is COC(=O)c1cccc2c3c(n(CC(C)C)c12)CCC(C)C3. The molecular formula is C19H25NO2. The van der Waals surface area contributed by atoms with Crippen molar-refractivity contribution in [1.29, 1.82) is 0 Å². The molecule has 1 aliphatic rings. The van der Waals surface area contributed by atoms with E-state index in [-0.39, 0.29) is 5.97 Å². The van der Waals surface area contributed by atoms with Crippen LogP contribution in [0.5, 0.6) is 0 Å². The van der Waals surface area contributed by atoms with Gasteiger partial charge in [-0.05, 0) is 42.7 Å². The van der Waals surface area contributed by atoms with Crippen LogP contribution in [-0.4, -0.2) is 17.6 Å². The summed E-state index contributed by atoms with van der Waals surface area (Å²) in [5.74, 6) is 1.02. The van der Waals surface area contributed by atoms with Crippen molar-refractivity contribution in [3.8, 4) is 0 Å². The van der Waals surface area contributed by atoms with Gasteiger partial charge >= 0.3 is 5.97 Å². The molecule has 1 aromatic carbocycles. The molecule has 0 saturated heterocycles. The van der Waals surface area contributed by atoms with Gasteiger partial charge in [-0.25, -0.2) is 4.79 Å². The van der Waals surface area contributed by atoms with Crippen molar-refractivity contribution in [2.24, 2.45) is 11.8 Å². The number of ether oxygens (including phenoxy) is 1. The number of para-hydroxylation sites is 1. The molecule has 2 aromatic rings. The molecule has 1 atom stereocenters. The van der Waals surface area contributed by atoms with E-state index >= 15 is 0 Å². The quantitative estimate of drug-likeness (QED) is 0.795. The highest BCUT2D eigenvalue weighted by Crippen LogP contribution is 2.36. The molecule has 0 amide bonds. The van der Waals surface area contributed by atoms with Crippen molar-refractivity contribution >= 4 is 16.9 Å². The summed E-state index contributed by atoms with van der Waals surface area (Å²) in [4.78, 5) is 12.2. The van der Waals surface area contributed by atoms with Gasteiger partial charge in [0.05, 0.1) is 18.2 Å². The minimum absolute atomic E-state index is 0.237. The first-order valence-electron chi connectivity index (χ1n) is 8.24. The number of esters is 1. The van der Waals surface area contributed by atoms with Gasteiger partial charge in [0.1, 0.15) is 0 Å². The number of rotatable bonds is 3. The molecule has 0 spiro atoms. The third kappa shape index (κ3) is 2.43. The van der Waals surface area contributed by atoms with E-state index in [9.17, 15) is 4.79 Å². The lowest BCUT2D eigenvalue weighted by Gasteiger charge is -2.21. The Bertz CT molecular complexity index is 712. The van der Waals surface area contributed by atoms with Crippen LogP contribution in [0.4, 0.5) is 0 Å². The highest BCUT2D eigenvalue weighted by Gasteiger charge is 2.26. The number of hydrogen-bond donors (Lipinski definition) is 0. The van der Waals surface area contributed by atoms with Gasteiger partial charge in [-0.2, -0.15) is 0 Å². The maximum atomic E-state index is 12.2. The van der Waals surface area contributed by atoms with Gasteiger partial charge in [0.2, 0.25) is 0 Å². The molecule has 0 radical (unpaired) electrons. The Kier molecular flexibility index (Phi) is 3.98. The van der Waals surface area contributed by atoms with E-state index in [1.165, 1.54) is 30.2 Å². The summed E-state index contributed by atoms with van der Waals surface area (Å²) >= 11 is 0. The van der Waals surface area contributed by atoms with Gasteiger partial charge in [-0.3, -0.25) is 0 Å². The molecule has 0 fully saturated rings. The van der Waals surface area contributed by atoms with Crippen molar-refractivity contribution in [1.82, 2.24) is 4.57 Å². The van der Waals surface area contributed by atoms with Crippen LogP contribution in [0.1, 0.15) is 48.8 Å². The number of carbonyl (C=O) groups excluding carboxylic acids is 1. The van der Waals surface area contributed by atoms with Gasteiger partial charge < -0.3 is 9.30 Å². The smallest absolute Gasteiger partial charge is 0.340 e. The van der Waals surface area contributed by atoms with Crippen LogP contribution in [0.3, 0.4) is 0 Å². The second kappa shape index (κ2) is 5.79. The highest BCUT2D eigenvalue weighted by atomic mass is 16.5. The number of hydrogen-bond acceptors (Lipinski definition) is 2. The molecule has 3 heteroatoms. The Hall–Kier alpha value is -1.77. The zero-order valence-electron chi connectivity index (χ0n) is 14.0. The van der Waals surface area contributed by atoms with Gasteiger partial charge in [0.25, 0.3) is 0 Å². The molecule has 1 aliphatic carbocycles. The Labute approximate surface area is 132 Å². The first kappa shape index (κ1) is 15.1. The number of benzene rings is 1. The number of fused-ring (bicyclic) bond motifs is 3. The average molecular weight is 299 g/mol. The van der Waals surface area contributed by atoms with E-state index in [4.69, 9.17) is 4.74 Å². The van der Waals surface area contributed by atoms with Gasteiger partial charge in [-0.15, -0.1) is 0 Å². The Morgan fingerprint density at radius 2 is 2.18 bits per heavy atom. The van der Waals surface area contributed by atoms with E-state index < -0.39 is 0 Å². The number of methoxy groups -OCH3 is 1. The predicted molar refractivity (Wildman–Crippen MR) is 89.3 cm³/mol. The van der Waals surface area contributed by atoms with Crippen molar-refractivity contribution in [3.63, 3.8) is 0 Å². The zero-order chi connectivity index (χ0) is 15.9. The van der Waals surface area contributed by atoms with Crippen molar-refractivity contribution in [3.05, 3.63) is 35.0 Å². The fourth-order valence-corrected chi connectivity index (χ4v) is 3.72. The molecule has 118 valence electrons. The highest BCUT2D eigenvalue weighted by molar-refractivity contribution is 6.04. The molecule has 0 aliphatic heterocycles. The number of nitrogens with zero attached hydrogens (tertiary/aromatic N) is 1. The second-order valence-electron chi connectivity index (χ2n) is 6.97. The van der Waals surface area contributed by atoms with Gasteiger partial charge in [0.15, 0.2) is 0 Å². The predicted octanol–water partition coefficient (Wildman–Crippen LogP) is 4.21. The van der Waals surface area contributed by atoms with Crippen LogP contribution < -0.4 is 0 Å². The third-order valence-electron chi connectivity index (χ3n) is 4.68. The van der Waals surface area contributed by atoms with E-state index in [2.05, 4.69) is 31.4 Å². The molecular weight excluding hydrogens is 274 g/mol. The lowest BCUT2D eigenvalue weighted by molar-refractivity contribution is 0.0602. The largest absolute Gasteiger partial charge is 0.465 e. The third-order valence-corrected chi connectivity index (χ3v) is 4.68. The summed E-state index contributed by atoms with van der Waals surface area (Å²) in [7, 11) is 1.46. The van der Waals surface area contributed by atoms with Gasteiger partial charge in [0, 0.05) is 17.6 Å². The molecule has 22 heavy (non-hydrogen) atoms. The normalized spacial score (nSPS) is 17.8. The molecule has 1 heterocycles. The molecule has 1 unspecified atom stereocenters. The maximum Gasteiger partial charge on any atom is 0.340 e. The van der Waals surface area contributed by atoms with E-state index in [0.717, 1.165) is 24.9 Å². The first-order chi connectivity index (χ1) is 10.5. The topological polar surface area (TPSA) is 31.2 Å². The van der Waals surface area contributed by atoms with Crippen LogP contribution in [-0.2, 0) is 24.1 Å². The van der Waals surface area contributed by atoms with Crippen LogP contribution in [0.25, 0.3) is 10.9 Å². The van der Waals surface area contributed by atoms with Gasteiger partial charge in [-0.1, -0.05) is 32.9 Å². The van der Waals surface area contributed by atoms with E-state index in [1.54, 1.807) is 0 Å². The van der Waals surface area contributed by atoms with Crippen molar-refractivity contribution in [2.45, 2.75) is 46.6 Å². The Morgan fingerprint density at radius 1 is 1.41 bits per heavy atom. The molecule has 0 bridgehead atoms. The Morgan fingerprint density at radius 3 is 2.86 bits per heavy atom. The molecule has 1 aromatic heterocycles. The van der Waals surface area contributed by atoms with Crippen LogP contribution >= 0.6 is 0 Å². The number of carbonyl (C=O) groups is 1. The van der Waals surface area contributed by atoms with E-state index in [0.29, 0.717) is 17.4 Å². The number of aromatic nitrogens is 1. The summed E-state index contributed by atoms with van der Waals surface area (Å²) in [6.45, 7) is 7.72. The van der Waals surface area contributed by atoms with Crippen LogP contribution in [0.15, 0.2) is 18.2 Å². The van der Waals surface area contributed by atoms with Crippen LogP contribution in [0.2, 0.25) is 0 Å². The second-order valence-corrected chi connectivity index (χ2v) is 6.97. The fraction of sp³-hybridized carbons (Fsp3) is 0.526. The molecule has 3 rings (SSSR count). The molecule has 0 N–H and O–H groups in total. The lowest BCUT2D eigenvalue weighted by Crippen LogP contribution is -2.16. The molecule has 3 nitrogen and oxygen atoms in total. The first-order valence-corrected chi connectivity index (χ1v) is 8.24. The minimum atomic E-state index is -0.237.